The van der Waals surface area contributed by atoms with Gasteiger partial charge in [0, 0.05) is 32.7 Å². The number of thiazole rings is 1. The van der Waals surface area contributed by atoms with Crippen LogP contribution in [0.25, 0.3) is 16.2 Å². The maximum absolute atomic E-state index is 11.7. The molecule has 0 saturated carbocycles. The molecule has 3 aromatic heterocycles. The third kappa shape index (κ3) is 4.60. The zero-order valence-electron chi connectivity index (χ0n) is 21.3. The molecule has 0 unspecified atom stereocenters. The molecular weight excluding hydrogens is 506 g/mol. The van der Waals surface area contributed by atoms with Crippen LogP contribution in [-0.2, 0) is 6.42 Å². The standard InChI is InChI=1S/C25H29N9OS2/c1-5-18-21(32(4)23-29-20(19(13-26)36-23)16-10-8-15(2)9-11-16)34-24(28-18)37-25(30-34)33-12-6-7-17(14-33)31(3)22(27)35/h8-11,17H,5-7,12,14H2,1-4H3,(H2,27,35)/t17-/m0/s1. The molecule has 12 heteroatoms. The molecule has 37 heavy (non-hydrogen) atoms. The fourth-order valence-corrected chi connectivity index (χ4v) is 6.42. The van der Waals surface area contributed by atoms with Gasteiger partial charge in [-0.15, -0.1) is 5.10 Å². The first-order valence-corrected chi connectivity index (χ1v) is 13.8. The van der Waals surface area contributed by atoms with Gasteiger partial charge in [0.05, 0.1) is 11.7 Å². The van der Waals surface area contributed by atoms with E-state index in [9.17, 15) is 10.1 Å². The van der Waals surface area contributed by atoms with E-state index in [2.05, 4.69) is 17.9 Å². The van der Waals surface area contributed by atoms with Gasteiger partial charge in [0.25, 0.3) is 0 Å². The Morgan fingerprint density at radius 2 is 2.00 bits per heavy atom. The van der Waals surface area contributed by atoms with Crippen LogP contribution < -0.4 is 15.5 Å². The lowest BCUT2D eigenvalue weighted by molar-refractivity contribution is 0.192. The first kappa shape index (κ1) is 25.0. The minimum Gasteiger partial charge on any atom is -0.351 e. The van der Waals surface area contributed by atoms with Gasteiger partial charge in [-0.1, -0.05) is 59.4 Å². The molecule has 0 aliphatic carbocycles. The third-order valence-corrected chi connectivity index (χ3v) is 8.79. The summed E-state index contributed by atoms with van der Waals surface area (Å²) >= 11 is 2.90. The fraction of sp³-hybridized carbons (Fsp3) is 0.400. The molecular formula is C25H29N9OS2. The predicted octanol–water partition coefficient (Wildman–Crippen LogP) is 4.40. The number of nitriles is 1. The summed E-state index contributed by atoms with van der Waals surface area (Å²) in [6.45, 7) is 5.65. The molecule has 10 nitrogen and oxygen atoms in total. The minimum atomic E-state index is -0.414. The molecule has 192 valence electrons. The van der Waals surface area contributed by atoms with E-state index in [0.717, 1.165) is 58.5 Å². The minimum absolute atomic E-state index is 0.0516. The van der Waals surface area contributed by atoms with Crippen molar-refractivity contribution in [1.82, 2.24) is 24.5 Å². The molecule has 2 N–H and O–H groups in total. The molecule has 1 aliphatic rings. The quantitative estimate of drug-likeness (QED) is 0.388. The molecule has 5 rings (SSSR count). The molecule has 0 radical (unpaired) electrons. The average Bonchev–Trinajstić information content (AvgIpc) is 3.61. The number of nitrogens with two attached hydrogens (primary N) is 1. The number of aromatic nitrogens is 4. The molecule has 4 aromatic rings. The highest BCUT2D eigenvalue weighted by Crippen LogP contribution is 2.38. The summed E-state index contributed by atoms with van der Waals surface area (Å²) in [5, 5.41) is 16.3. The number of nitrogens with zero attached hydrogens (tertiary/aromatic N) is 8. The van der Waals surface area contributed by atoms with Gasteiger partial charge in [-0.3, -0.25) is 0 Å². The van der Waals surface area contributed by atoms with Gasteiger partial charge in [0.15, 0.2) is 10.9 Å². The van der Waals surface area contributed by atoms with Crippen LogP contribution in [0.2, 0.25) is 0 Å². The zero-order valence-corrected chi connectivity index (χ0v) is 22.9. The van der Waals surface area contributed by atoms with Crippen molar-refractivity contribution in [3.05, 3.63) is 40.4 Å². The van der Waals surface area contributed by atoms with Crippen LogP contribution in [-0.4, -0.2) is 63.7 Å². The SMILES string of the molecule is CCc1nc2sc(N3CCC[C@H](N(C)C(N)=O)C3)nn2c1N(C)c1nc(-c2ccc(C)cc2)c(C#N)s1. The summed E-state index contributed by atoms with van der Waals surface area (Å²) in [7, 11) is 3.69. The van der Waals surface area contributed by atoms with E-state index in [1.165, 1.54) is 22.7 Å². The van der Waals surface area contributed by atoms with Crippen LogP contribution in [0.3, 0.4) is 0 Å². The highest BCUT2D eigenvalue weighted by Gasteiger charge is 2.29. The lowest BCUT2D eigenvalue weighted by atomic mass is 10.1. The van der Waals surface area contributed by atoms with Crippen molar-refractivity contribution in [3.8, 4) is 17.3 Å². The molecule has 4 heterocycles. The Balaban J connectivity index is 1.49. The second-order valence-corrected chi connectivity index (χ2v) is 11.1. The van der Waals surface area contributed by atoms with Crippen LogP contribution in [0.5, 0.6) is 0 Å². The Hall–Kier alpha value is -3.69. The van der Waals surface area contributed by atoms with Gasteiger partial charge in [-0.25, -0.2) is 14.8 Å². The van der Waals surface area contributed by atoms with E-state index in [1.807, 2.05) is 47.7 Å². The molecule has 0 bridgehead atoms. The second kappa shape index (κ2) is 9.99. The maximum Gasteiger partial charge on any atom is 0.314 e. The molecule has 1 fully saturated rings. The summed E-state index contributed by atoms with van der Waals surface area (Å²) in [6.07, 6.45) is 2.61. The second-order valence-electron chi connectivity index (χ2n) is 9.22. The normalized spacial score (nSPS) is 15.6. The lowest BCUT2D eigenvalue weighted by Gasteiger charge is -2.36. The summed E-state index contributed by atoms with van der Waals surface area (Å²) in [5.41, 5.74) is 9.20. The topological polar surface area (TPSA) is 120 Å². The smallest absolute Gasteiger partial charge is 0.314 e. The summed E-state index contributed by atoms with van der Waals surface area (Å²) in [4.78, 5) is 28.6. The number of urea groups is 1. The molecule has 1 aliphatic heterocycles. The van der Waals surface area contributed by atoms with Crippen LogP contribution in [0, 0.1) is 18.3 Å². The molecule has 1 saturated heterocycles. The number of piperidine rings is 1. The van der Waals surface area contributed by atoms with E-state index < -0.39 is 6.03 Å². The summed E-state index contributed by atoms with van der Waals surface area (Å²) in [6, 6.07) is 10.00. The lowest BCUT2D eigenvalue weighted by Crippen LogP contribution is -2.50. The number of anilines is 3. The average molecular weight is 536 g/mol. The molecule has 1 aromatic carbocycles. The predicted molar refractivity (Wildman–Crippen MR) is 148 cm³/mol. The highest BCUT2D eigenvalue weighted by atomic mass is 32.1. The van der Waals surface area contributed by atoms with E-state index in [0.29, 0.717) is 22.2 Å². The van der Waals surface area contributed by atoms with Crippen molar-refractivity contribution in [1.29, 1.82) is 5.26 Å². The number of hydrogen-bond acceptors (Lipinski definition) is 9. The van der Waals surface area contributed by atoms with Crippen molar-refractivity contribution in [3.63, 3.8) is 0 Å². The monoisotopic (exact) mass is 535 g/mol. The number of rotatable bonds is 6. The van der Waals surface area contributed by atoms with Crippen molar-refractivity contribution in [2.24, 2.45) is 5.73 Å². The van der Waals surface area contributed by atoms with Crippen LogP contribution in [0.1, 0.15) is 35.9 Å². The number of imidazole rings is 1. The van der Waals surface area contributed by atoms with Gasteiger partial charge in [0.1, 0.15) is 16.6 Å². The summed E-state index contributed by atoms with van der Waals surface area (Å²) in [5.74, 6) is 0.844. The van der Waals surface area contributed by atoms with Crippen molar-refractivity contribution in [2.45, 2.75) is 39.2 Å². The van der Waals surface area contributed by atoms with E-state index >= 15 is 0 Å². The first-order valence-electron chi connectivity index (χ1n) is 12.2. The number of amides is 2. The van der Waals surface area contributed by atoms with Crippen LogP contribution in [0.15, 0.2) is 24.3 Å². The number of primary amides is 1. The zero-order chi connectivity index (χ0) is 26.3. The first-order chi connectivity index (χ1) is 17.8. The number of carbonyl (C=O) groups excluding carboxylic acids is 1. The number of benzene rings is 1. The van der Waals surface area contributed by atoms with Crippen molar-refractivity contribution in [2.75, 3.05) is 37.0 Å². The Morgan fingerprint density at radius 1 is 1.24 bits per heavy atom. The van der Waals surface area contributed by atoms with E-state index in [4.69, 9.17) is 20.8 Å². The molecule has 0 spiro atoms. The van der Waals surface area contributed by atoms with Gasteiger partial charge in [-0.2, -0.15) is 9.78 Å². The number of fused-ring (bicyclic) bond motifs is 1. The van der Waals surface area contributed by atoms with Crippen LogP contribution >= 0.6 is 22.7 Å². The largest absolute Gasteiger partial charge is 0.351 e. The highest BCUT2D eigenvalue weighted by molar-refractivity contribution is 7.20. The van der Waals surface area contributed by atoms with Gasteiger partial charge in [-0.05, 0) is 26.2 Å². The fourth-order valence-electron chi connectivity index (χ4n) is 4.62. The number of hydrogen-bond donors (Lipinski definition) is 1. The molecule has 2 amide bonds. The van der Waals surface area contributed by atoms with E-state index in [-0.39, 0.29) is 6.04 Å². The van der Waals surface area contributed by atoms with Gasteiger partial charge < -0.3 is 20.4 Å². The Kier molecular flexibility index (Phi) is 6.74. The number of carbonyl (C=O) groups is 1. The Morgan fingerprint density at radius 3 is 2.68 bits per heavy atom. The Bertz CT molecular complexity index is 1480. The molecule has 1 atom stereocenters. The van der Waals surface area contributed by atoms with Gasteiger partial charge >= 0.3 is 6.03 Å². The summed E-state index contributed by atoms with van der Waals surface area (Å²) < 4.78 is 1.87. The Labute approximate surface area is 223 Å². The van der Waals surface area contributed by atoms with Crippen molar-refractivity contribution >= 4 is 49.7 Å². The number of likely N-dealkylation sites (N-methyl/N-ethyl adjacent to an activating group) is 1. The third-order valence-electron chi connectivity index (χ3n) is 6.78. The number of aryl methyl sites for hydroxylation is 2. The van der Waals surface area contributed by atoms with Gasteiger partial charge in [0.2, 0.25) is 10.1 Å². The maximum atomic E-state index is 11.7. The van der Waals surface area contributed by atoms with Crippen molar-refractivity contribution < 1.29 is 4.79 Å². The van der Waals surface area contributed by atoms with E-state index in [1.54, 1.807) is 11.9 Å². The van der Waals surface area contributed by atoms with Crippen LogP contribution in [0.4, 0.5) is 20.9 Å².